The number of rotatable bonds is 10. The van der Waals surface area contributed by atoms with E-state index in [1.54, 1.807) is 6.92 Å². The Balaban J connectivity index is 2.04. The maximum absolute atomic E-state index is 11.7. The third-order valence-electron chi connectivity index (χ3n) is 3.62. The van der Waals surface area contributed by atoms with Crippen LogP contribution in [0.4, 0.5) is 4.79 Å². The molecule has 1 aromatic rings. The molecule has 0 saturated heterocycles. The molecule has 0 saturated carbocycles. The van der Waals surface area contributed by atoms with E-state index in [0.29, 0.717) is 19.4 Å². The van der Waals surface area contributed by atoms with Gasteiger partial charge in [0.25, 0.3) is 0 Å². The highest BCUT2D eigenvalue weighted by molar-refractivity contribution is 5.98. The SMILES string of the molecule is COC(=O)C(C)C(=O)CCCCCNC(=O)OCc1ccccc1. The molecule has 0 heterocycles. The largest absolute Gasteiger partial charge is 0.468 e. The minimum Gasteiger partial charge on any atom is -0.468 e. The summed E-state index contributed by atoms with van der Waals surface area (Å²) in [6.45, 7) is 2.29. The molecule has 6 heteroatoms. The lowest BCUT2D eigenvalue weighted by Crippen LogP contribution is -2.25. The Kier molecular flexibility index (Phi) is 9.19. The van der Waals surface area contributed by atoms with Gasteiger partial charge in [-0.2, -0.15) is 0 Å². The molecule has 24 heavy (non-hydrogen) atoms. The van der Waals surface area contributed by atoms with E-state index in [1.807, 2.05) is 30.3 Å². The first-order valence-electron chi connectivity index (χ1n) is 8.09. The number of ether oxygens (including phenoxy) is 2. The Morgan fingerprint density at radius 2 is 1.79 bits per heavy atom. The molecule has 0 fully saturated rings. The third-order valence-corrected chi connectivity index (χ3v) is 3.62. The topological polar surface area (TPSA) is 81.7 Å². The molecule has 0 aromatic heterocycles. The number of alkyl carbamates (subject to hydrolysis) is 1. The number of nitrogens with one attached hydrogen (secondary N) is 1. The fourth-order valence-electron chi connectivity index (χ4n) is 2.09. The first kappa shape index (κ1) is 19.7. The number of benzene rings is 1. The van der Waals surface area contributed by atoms with Crippen LogP contribution in [-0.2, 0) is 25.7 Å². The fraction of sp³-hybridized carbons (Fsp3) is 0.500. The zero-order chi connectivity index (χ0) is 17.8. The van der Waals surface area contributed by atoms with E-state index in [9.17, 15) is 14.4 Å². The number of carbonyl (C=O) groups excluding carboxylic acids is 3. The van der Waals surface area contributed by atoms with E-state index >= 15 is 0 Å². The molecule has 132 valence electrons. The molecule has 0 spiro atoms. The van der Waals surface area contributed by atoms with Gasteiger partial charge >= 0.3 is 12.1 Å². The number of hydrogen-bond acceptors (Lipinski definition) is 5. The molecule has 6 nitrogen and oxygen atoms in total. The van der Waals surface area contributed by atoms with E-state index < -0.39 is 18.0 Å². The summed E-state index contributed by atoms with van der Waals surface area (Å²) < 4.78 is 9.63. The van der Waals surface area contributed by atoms with Crippen molar-refractivity contribution in [1.29, 1.82) is 0 Å². The molecule has 1 amide bonds. The van der Waals surface area contributed by atoms with Crippen LogP contribution in [0.25, 0.3) is 0 Å². The maximum Gasteiger partial charge on any atom is 0.407 e. The van der Waals surface area contributed by atoms with E-state index in [1.165, 1.54) is 7.11 Å². The van der Waals surface area contributed by atoms with Gasteiger partial charge in [-0.3, -0.25) is 9.59 Å². The Morgan fingerprint density at radius 1 is 1.08 bits per heavy atom. The van der Waals surface area contributed by atoms with Crippen molar-refractivity contribution < 1.29 is 23.9 Å². The summed E-state index contributed by atoms with van der Waals surface area (Å²) in [6, 6.07) is 9.46. The predicted octanol–water partition coefficient (Wildman–Crippen LogP) is 2.85. The van der Waals surface area contributed by atoms with Gasteiger partial charge in [0.05, 0.1) is 7.11 Å². The van der Waals surface area contributed by atoms with Crippen LogP contribution in [0, 0.1) is 5.92 Å². The van der Waals surface area contributed by atoms with Gasteiger partial charge in [-0.1, -0.05) is 36.8 Å². The molecule has 1 atom stereocenters. The monoisotopic (exact) mass is 335 g/mol. The average molecular weight is 335 g/mol. The smallest absolute Gasteiger partial charge is 0.407 e. The molecular weight excluding hydrogens is 310 g/mol. The van der Waals surface area contributed by atoms with Gasteiger partial charge < -0.3 is 14.8 Å². The van der Waals surface area contributed by atoms with Gasteiger partial charge in [0.1, 0.15) is 18.3 Å². The molecular formula is C18H25NO5. The van der Waals surface area contributed by atoms with Crippen molar-refractivity contribution in [3.8, 4) is 0 Å². The lowest BCUT2D eigenvalue weighted by atomic mass is 10.0. The number of hydrogen-bond donors (Lipinski definition) is 1. The first-order valence-corrected chi connectivity index (χ1v) is 8.09. The highest BCUT2D eigenvalue weighted by atomic mass is 16.5. The summed E-state index contributed by atoms with van der Waals surface area (Å²) in [5.74, 6) is -1.32. The van der Waals surface area contributed by atoms with Gasteiger partial charge in [-0.25, -0.2) is 4.79 Å². The van der Waals surface area contributed by atoms with Gasteiger partial charge in [-0.05, 0) is 25.3 Å². The lowest BCUT2D eigenvalue weighted by molar-refractivity contribution is -0.148. The normalized spacial score (nSPS) is 11.4. The fourth-order valence-corrected chi connectivity index (χ4v) is 2.09. The Bertz CT molecular complexity index is 529. The number of Topliss-reactive ketones (excluding diaryl/α,β-unsaturated/α-hetero) is 1. The molecule has 1 rings (SSSR count). The van der Waals surface area contributed by atoms with Crippen LogP contribution in [0.5, 0.6) is 0 Å². The van der Waals surface area contributed by atoms with Crippen LogP contribution in [0.15, 0.2) is 30.3 Å². The summed E-state index contributed by atoms with van der Waals surface area (Å²) in [4.78, 5) is 34.5. The first-order chi connectivity index (χ1) is 11.5. The second-order valence-corrected chi connectivity index (χ2v) is 5.51. The average Bonchev–Trinajstić information content (AvgIpc) is 2.62. The third kappa shape index (κ3) is 7.76. The molecule has 1 N–H and O–H groups in total. The van der Waals surface area contributed by atoms with E-state index in [4.69, 9.17) is 4.74 Å². The molecule has 0 aliphatic heterocycles. The second kappa shape index (κ2) is 11.2. The van der Waals surface area contributed by atoms with Crippen LogP contribution in [-0.4, -0.2) is 31.5 Å². The highest BCUT2D eigenvalue weighted by Crippen LogP contribution is 2.08. The van der Waals surface area contributed by atoms with Crippen LogP contribution < -0.4 is 5.32 Å². The molecule has 0 aliphatic carbocycles. The van der Waals surface area contributed by atoms with Crippen molar-refractivity contribution in [3.63, 3.8) is 0 Å². The van der Waals surface area contributed by atoms with Crippen molar-refractivity contribution in [2.24, 2.45) is 5.92 Å². The molecule has 0 bridgehead atoms. The second-order valence-electron chi connectivity index (χ2n) is 5.51. The number of amides is 1. The summed E-state index contributed by atoms with van der Waals surface area (Å²) in [6.07, 6.45) is 2.11. The molecule has 0 aliphatic rings. The minimum absolute atomic E-state index is 0.114. The minimum atomic E-state index is -0.707. The number of carbonyl (C=O) groups is 3. The molecule has 1 aromatic carbocycles. The van der Waals surface area contributed by atoms with Crippen molar-refractivity contribution in [2.75, 3.05) is 13.7 Å². The quantitative estimate of drug-likeness (QED) is 0.404. The summed E-state index contributed by atoms with van der Waals surface area (Å²) in [5.41, 5.74) is 0.936. The summed E-state index contributed by atoms with van der Waals surface area (Å²) in [5, 5.41) is 2.67. The van der Waals surface area contributed by atoms with Crippen molar-refractivity contribution in [1.82, 2.24) is 5.32 Å². The number of esters is 1. The Morgan fingerprint density at radius 3 is 2.46 bits per heavy atom. The van der Waals surface area contributed by atoms with Gasteiger partial charge in [0.15, 0.2) is 0 Å². The summed E-state index contributed by atoms with van der Waals surface area (Å²) >= 11 is 0. The van der Waals surface area contributed by atoms with Gasteiger partial charge in [0.2, 0.25) is 0 Å². The molecule has 0 radical (unpaired) electrons. The molecule has 1 unspecified atom stereocenters. The van der Waals surface area contributed by atoms with Crippen molar-refractivity contribution in [2.45, 2.75) is 39.2 Å². The predicted molar refractivity (Wildman–Crippen MR) is 89.3 cm³/mol. The van der Waals surface area contributed by atoms with Gasteiger partial charge in [0, 0.05) is 13.0 Å². The standard InChI is InChI=1S/C18H25NO5/c1-14(17(21)23-2)16(20)11-7-4-8-12-19-18(22)24-13-15-9-5-3-6-10-15/h3,5-6,9-10,14H,4,7-8,11-13H2,1-2H3,(H,19,22). The zero-order valence-electron chi connectivity index (χ0n) is 14.2. The van der Waals surface area contributed by atoms with Crippen LogP contribution >= 0.6 is 0 Å². The Labute approximate surface area is 142 Å². The van der Waals surface area contributed by atoms with Crippen molar-refractivity contribution >= 4 is 17.8 Å². The van der Waals surface area contributed by atoms with Crippen LogP contribution in [0.1, 0.15) is 38.2 Å². The highest BCUT2D eigenvalue weighted by Gasteiger charge is 2.20. The summed E-state index contributed by atoms with van der Waals surface area (Å²) in [7, 11) is 1.27. The zero-order valence-corrected chi connectivity index (χ0v) is 14.2. The van der Waals surface area contributed by atoms with E-state index in [2.05, 4.69) is 10.1 Å². The lowest BCUT2D eigenvalue weighted by Gasteiger charge is -2.08. The van der Waals surface area contributed by atoms with Crippen molar-refractivity contribution in [3.05, 3.63) is 35.9 Å². The number of ketones is 1. The number of unbranched alkanes of at least 4 members (excludes halogenated alkanes) is 2. The van der Waals surface area contributed by atoms with Gasteiger partial charge in [-0.15, -0.1) is 0 Å². The van der Waals surface area contributed by atoms with E-state index in [0.717, 1.165) is 18.4 Å². The van der Waals surface area contributed by atoms with Crippen LogP contribution in [0.3, 0.4) is 0 Å². The Hall–Kier alpha value is -2.37. The maximum atomic E-state index is 11.7. The number of methoxy groups -OCH3 is 1. The van der Waals surface area contributed by atoms with Crippen LogP contribution in [0.2, 0.25) is 0 Å². The van der Waals surface area contributed by atoms with E-state index in [-0.39, 0.29) is 12.4 Å².